The predicted octanol–water partition coefficient (Wildman–Crippen LogP) is 5.75. The summed E-state index contributed by atoms with van der Waals surface area (Å²) in [5.41, 5.74) is 0.584. The summed E-state index contributed by atoms with van der Waals surface area (Å²) in [4.78, 5) is 34.1. The molecule has 186 valence electrons. The van der Waals surface area contributed by atoms with Crippen LogP contribution in [0.15, 0.2) is 60.7 Å². The van der Waals surface area contributed by atoms with Crippen molar-refractivity contribution in [1.82, 2.24) is 5.32 Å². The van der Waals surface area contributed by atoms with Crippen molar-refractivity contribution in [3.8, 4) is 0 Å². The van der Waals surface area contributed by atoms with Gasteiger partial charge in [0.1, 0.15) is 13.2 Å². The van der Waals surface area contributed by atoms with E-state index in [4.69, 9.17) is 16.3 Å². The fraction of sp³-hybridized carbons (Fsp3) is 0.444. The van der Waals surface area contributed by atoms with E-state index in [1.807, 2.05) is 60.7 Å². The molecule has 0 heterocycles. The first-order valence-electron chi connectivity index (χ1n) is 11.9. The first-order chi connectivity index (χ1) is 16.8. The second kappa shape index (κ2) is 11.1. The number of benzene rings is 2. The number of carboxylic acid groups (broad SMARTS) is 1. The van der Waals surface area contributed by atoms with E-state index < -0.39 is 16.8 Å². The zero-order chi connectivity index (χ0) is 24.8. The van der Waals surface area contributed by atoms with Crippen LogP contribution in [0.5, 0.6) is 0 Å². The predicted molar refractivity (Wildman–Crippen MR) is 130 cm³/mol. The van der Waals surface area contributed by atoms with Crippen LogP contribution in [0.4, 0.5) is 9.59 Å². The van der Waals surface area contributed by atoms with Crippen LogP contribution in [0.25, 0.3) is 0 Å². The van der Waals surface area contributed by atoms with E-state index in [1.54, 1.807) is 0 Å². The zero-order valence-corrected chi connectivity index (χ0v) is 20.2. The van der Waals surface area contributed by atoms with Gasteiger partial charge in [0.05, 0.1) is 5.41 Å². The van der Waals surface area contributed by atoms with Crippen LogP contribution in [0, 0.1) is 23.2 Å². The summed E-state index contributed by atoms with van der Waals surface area (Å²) in [5.74, 6) is 0.414. The third-order valence-electron chi connectivity index (χ3n) is 7.42. The molecule has 4 fully saturated rings. The summed E-state index contributed by atoms with van der Waals surface area (Å²) in [6.45, 7) is 0.500. The Morgan fingerprint density at radius 2 is 1.37 bits per heavy atom. The number of carboxylic acids is 1. The van der Waals surface area contributed by atoms with E-state index in [0.29, 0.717) is 18.8 Å². The van der Waals surface area contributed by atoms with E-state index in [0.717, 1.165) is 30.4 Å². The molecule has 0 spiro atoms. The summed E-state index contributed by atoms with van der Waals surface area (Å²) < 4.78 is 9.89. The molecule has 4 saturated carbocycles. The number of ether oxygens (including phenoxy) is 2. The molecule has 0 radical (unpaired) electrons. The van der Waals surface area contributed by atoms with Gasteiger partial charge in [-0.2, -0.15) is 0 Å². The second-order valence-electron chi connectivity index (χ2n) is 9.80. The van der Waals surface area contributed by atoms with Crippen molar-refractivity contribution >= 4 is 29.1 Å². The molecule has 1 amide bonds. The van der Waals surface area contributed by atoms with Gasteiger partial charge in [-0.1, -0.05) is 60.7 Å². The van der Waals surface area contributed by atoms with Crippen LogP contribution < -0.4 is 5.32 Å². The van der Waals surface area contributed by atoms with E-state index >= 15 is 0 Å². The van der Waals surface area contributed by atoms with Gasteiger partial charge in [0, 0.05) is 17.6 Å². The lowest BCUT2D eigenvalue weighted by molar-refractivity contribution is -0.167. The number of nitrogens with one attached hydrogen (secondary N) is 1. The van der Waals surface area contributed by atoms with Gasteiger partial charge in [-0.3, -0.25) is 4.79 Å². The lowest BCUT2D eigenvalue weighted by atomic mass is 9.48. The Labute approximate surface area is 209 Å². The Morgan fingerprint density at radius 3 is 1.86 bits per heavy atom. The van der Waals surface area contributed by atoms with Crippen LogP contribution in [-0.4, -0.2) is 28.6 Å². The van der Waals surface area contributed by atoms with Crippen molar-refractivity contribution in [3.63, 3.8) is 0 Å². The van der Waals surface area contributed by atoms with Crippen LogP contribution in [0.2, 0.25) is 0 Å². The van der Waals surface area contributed by atoms with Gasteiger partial charge in [-0.15, -0.1) is 0 Å². The van der Waals surface area contributed by atoms with Crippen molar-refractivity contribution in [2.75, 3.05) is 0 Å². The van der Waals surface area contributed by atoms with Crippen molar-refractivity contribution in [3.05, 3.63) is 71.8 Å². The molecule has 4 bridgehead atoms. The number of hydrogen-bond acceptors (Lipinski definition) is 5. The number of amides is 1. The Bertz CT molecular complexity index is 1010. The molecule has 7 nitrogen and oxygen atoms in total. The third kappa shape index (κ3) is 6.34. The van der Waals surface area contributed by atoms with Crippen LogP contribution in [0.1, 0.15) is 43.2 Å². The molecular weight excluding hydrogens is 470 g/mol. The number of carbonyl (C=O) groups excluding carboxylic acids is 2. The fourth-order valence-electron chi connectivity index (χ4n) is 6.14. The molecule has 0 aromatic heterocycles. The van der Waals surface area contributed by atoms with Gasteiger partial charge in [-0.05, 0) is 61.0 Å². The lowest BCUT2D eigenvalue weighted by Crippen LogP contribution is -2.61. The third-order valence-corrected chi connectivity index (χ3v) is 7.53. The minimum absolute atomic E-state index is 0.0669. The first-order valence-corrected chi connectivity index (χ1v) is 12.3. The largest absolute Gasteiger partial charge is 0.481 e. The van der Waals surface area contributed by atoms with Crippen LogP contribution in [-0.2, 0) is 27.5 Å². The van der Waals surface area contributed by atoms with Crippen molar-refractivity contribution in [2.24, 2.45) is 23.2 Å². The summed E-state index contributed by atoms with van der Waals surface area (Å²) in [5, 5.41) is 12.7. The summed E-state index contributed by atoms with van der Waals surface area (Å²) in [6.07, 6.45) is 3.89. The highest BCUT2D eigenvalue weighted by Crippen LogP contribution is 2.60. The summed E-state index contributed by atoms with van der Waals surface area (Å²) >= 11 is 4.97. The minimum atomic E-state index is -0.770. The topological polar surface area (TPSA) is 102 Å². The molecule has 2 N–H and O–H groups in total. The highest BCUT2D eigenvalue weighted by molar-refractivity contribution is 6.61. The van der Waals surface area contributed by atoms with Crippen molar-refractivity contribution in [2.45, 2.75) is 51.4 Å². The van der Waals surface area contributed by atoms with Crippen molar-refractivity contribution < 1.29 is 29.0 Å². The van der Waals surface area contributed by atoms with E-state index in [1.165, 1.54) is 0 Å². The molecule has 4 aliphatic rings. The van der Waals surface area contributed by atoms with E-state index in [-0.39, 0.29) is 37.2 Å². The molecular formula is C27H30ClNO6. The van der Waals surface area contributed by atoms with Gasteiger partial charge < -0.3 is 19.9 Å². The molecule has 2 aromatic carbocycles. The maximum Gasteiger partial charge on any atom is 0.407 e. The number of carbonyl (C=O) groups is 3. The van der Waals surface area contributed by atoms with E-state index in [2.05, 4.69) is 10.1 Å². The zero-order valence-electron chi connectivity index (χ0n) is 19.4. The van der Waals surface area contributed by atoms with Crippen LogP contribution in [0.3, 0.4) is 0 Å². The van der Waals surface area contributed by atoms with Crippen LogP contribution >= 0.6 is 11.6 Å². The second-order valence-corrected chi connectivity index (χ2v) is 10.1. The highest BCUT2D eigenvalue weighted by atomic mass is 35.5. The van der Waals surface area contributed by atoms with Gasteiger partial charge in [0.15, 0.2) is 0 Å². The molecule has 6 rings (SSSR count). The number of hydrogen-bond donors (Lipinski definition) is 2. The molecule has 4 aliphatic carbocycles. The molecule has 35 heavy (non-hydrogen) atoms. The number of aliphatic carboxylic acids is 1. The molecule has 2 aromatic rings. The number of alkyl carbamates (subject to hydrolysis) is 1. The average Bonchev–Trinajstić information content (AvgIpc) is 2.85. The van der Waals surface area contributed by atoms with Crippen molar-refractivity contribution in [1.29, 1.82) is 0 Å². The number of rotatable bonds is 6. The SMILES string of the molecule is O=C(Cl)OCc1ccccc1.O=C(NC1C2CC3CC1CC(C(=O)O)(C3)C2)OCc1ccccc1. The number of halogens is 1. The Hall–Kier alpha value is -3.06. The normalized spacial score (nSPS) is 27.8. The molecule has 2 unspecified atom stereocenters. The Morgan fingerprint density at radius 1 is 0.857 bits per heavy atom. The van der Waals surface area contributed by atoms with Gasteiger partial charge >= 0.3 is 17.5 Å². The first kappa shape index (κ1) is 25.0. The smallest absolute Gasteiger partial charge is 0.407 e. The quantitative estimate of drug-likeness (QED) is 0.490. The average molecular weight is 500 g/mol. The Balaban J connectivity index is 0.000000221. The van der Waals surface area contributed by atoms with Gasteiger partial charge in [0.2, 0.25) is 0 Å². The fourth-order valence-corrected chi connectivity index (χ4v) is 6.19. The van der Waals surface area contributed by atoms with Gasteiger partial charge in [0.25, 0.3) is 0 Å². The summed E-state index contributed by atoms with van der Waals surface area (Å²) in [6, 6.07) is 19.0. The maximum absolute atomic E-state index is 12.2. The minimum Gasteiger partial charge on any atom is -0.481 e. The van der Waals surface area contributed by atoms with Gasteiger partial charge in [-0.25, -0.2) is 9.59 Å². The Kier molecular flexibility index (Phi) is 7.96. The molecule has 8 heteroatoms. The molecule has 0 aliphatic heterocycles. The molecule has 0 saturated heterocycles. The van der Waals surface area contributed by atoms with E-state index in [9.17, 15) is 19.5 Å². The monoisotopic (exact) mass is 499 g/mol. The lowest BCUT2D eigenvalue weighted by Gasteiger charge is -2.58. The highest BCUT2D eigenvalue weighted by Gasteiger charge is 2.59. The molecule has 2 atom stereocenters. The summed E-state index contributed by atoms with van der Waals surface area (Å²) in [7, 11) is 0. The standard InChI is InChI=1S/C19H23NO4.C8H7ClO2/c21-17(22)19-8-13-6-14(9-19)16(15(7-13)10-19)20-18(23)24-11-12-4-2-1-3-5-12;9-8(10)11-6-7-4-2-1-3-5-7/h1-5,13-16H,6-11H2,(H,20,23)(H,21,22);1-5H,6H2. The maximum atomic E-state index is 12.2.